The number of hydrogen-bond donors (Lipinski definition) is 1. The highest BCUT2D eigenvalue weighted by Crippen LogP contribution is 2.22. The van der Waals surface area contributed by atoms with E-state index in [4.69, 9.17) is 21.7 Å². The molecule has 1 fully saturated rings. The number of rotatable bonds is 5. The normalized spacial score (nSPS) is 15.1. The van der Waals surface area contributed by atoms with Gasteiger partial charge in [0.2, 0.25) is 0 Å². The van der Waals surface area contributed by atoms with E-state index in [1.165, 1.54) is 11.1 Å². The van der Waals surface area contributed by atoms with Gasteiger partial charge in [0, 0.05) is 38.3 Å². The van der Waals surface area contributed by atoms with Crippen molar-refractivity contribution >= 4 is 17.4 Å². The molecule has 0 atom stereocenters. The van der Waals surface area contributed by atoms with Gasteiger partial charge < -0.3 is 9.64 Å². The van der Waals surface area contributed by atoms with Crippen LogP contribution in [0.15, 0.2) is 42.5 Å². The zero-order valence-corrected chi connectivity index (χ0v) is 16.2. The van der Waals surface area contributed by atoms with Gasteiger partial charge in [-0.05, 0) is 37.1 Å². The van der Waals surface area contributed by atoms with Crippen molar-refractivity contribution in [3.63, 3.8) is 0 Å². The number of amidine groups is 1. The molecule has 0 saturated carbocycles. The molecule has 0 aromatic heterocycles. The molecule has 5 heteroatoms. The van der Waals surface area contributed by atoms with Crippen LogP contribution in [-0.2, 0) is 0 Å². The van der Waals surface area contributed by atoms with Crippen LogP contribution in [0.5, 0.6) is 5.75 Å². The average molecular weight is 372 g/mol. The van der Waals surface area contributed by atoms with E-state index >= 15 is 0 Å². The minimum atomic E-state index is 0.516. The molecule has 0 unspecified atom stereocenters. The molecular formula is C21H26ClN3O. The van der Waals surface area contributed by atoms with Crippen molar-refractivity contribution in [1.29, 1.82) is 5.41 Å². The molecule has 138 valence electrons. The first-order valence-electron chi connectivity index (χ1n) is 9.06. The van der Waals surface area contributed by atoms with Gasteiger partial charge in [0.25, 0.3) is 0 Å². The lowest BCUT2D eigenvalue weighted by molar-refractivity contribution is 0.153. The van der Waals surface area contributed by atoms with Crippen molar-refractivity contribution in [1.82, 2.24) is 9.80 Å². The van der Waals surface area contributed by atoms with E-state index in [0.717, 1.165) is 44.0 Å². The Kier molecular flexibility index (Phi) is 6.17. The number of ether oxygens (including phenoxy) is 1. The van der Waals surface area contributed by atoms with Crippen LogP contribution in [-0.4, -0.2) is 55.0 Å². The number of hydrogen-bond acceptors (Lipinski definition) is 3. The first-order chi connectivity index (χ1) is 12.6. The largest absolute Gasteiger partial charge is 0.492 e. The van der Waals surface area contributed by atoms with Crippen molar-refractivity contribution in [3.8, 4) is 5.75 Å². The summed E-state index contributed by atoms with van der Waals surface area (Å²) in [5, 5.41) is 9.07. The van der Waals surface area contributed by atoms with Crippen molar-refractivity contribution in [2.45, 2.75) is 13.8 Å². The lowest BCUT2D eigenvalue weighted by Crippen LogP contribution is -2.49. The van der Waals surface area contributed by atoms with Crippen molar-refractivity contribution in [2.75, 3.05) is 39.3 Å². The molecular weight excluding hydrogens is 346 g/mol. The zero-order valence-electron chi connectivity index (χ0n) is 15.5. The third-order valence-electron chi connectivity index (χ3n) is 4.88. The van der Waals surface area contributed by atoms with E-state index in [-0.39, 0.29) is 0 Å². The van der Waals surface area contributed by atoms with Crippen LogP contribution in [0.3, 0.4) is 0 Å². The average Bonchev–Trinajstić information content (AvgIpc) is 2.64. The van der Waals surface area contributed by atoms with Gasteiger partial charge in [-0.15, -0.1) is 0 Å². The molecule has 1 aliphatic rings. The first kappa shape index (κ1) is 18.7. The van der Waals surface area contributed by atoms with Gasteiger partial charge in [0.15, 0.2) is 0 Å². The smallest absolute Gasteiger partial charge is 0.129 e. The maximum Gasteiger partial charge on any atom is 0.129 e. The van der Waals surface area contributed by atoms with Crippen LogP contribution in [0, 0.1) is 19.3 Å². The Morgan fingerprint density at radius 3 is 2.31 bits per heavy atom. The van der Waals surface area contributed by atoms with E-state index < -0.39 is 0 Å². The lowest BCUT2D eigenvalue weighted by atomic mass is 10.1. The van der Waals surface area contributed by atoms with Crippen LogP contribution < -0.4 is 4.74 Å². The van der Waals surface area contributed by atoms with Crippen molar-refractivity contribution in [3.05, 3.63) is 64.2 Å². The molecule has 0 radical (unpaired) electrons. The Hall–Kier alpha value is -2.04. The van der Waals surface area contributed by atoms with Gasteiger partial charge >= 0.3 is 0 Å². The van der Waals surface area contributed by atoms with E-state index in [9.17, 15) is 0 Å². The van der Waals surface area contributed by atoms with Gasteiger partial charge in [0.1, 0.15) is 18.2 Å². The summed E-state index contributed by atoms with van der Waals surface area (Å²) in [6.07, 6.45) is 0. The van der Waals surface area contributed by atoms with E-state index in [1.807, 2.05) is 24.3 Å². The minimum absolute atomic E-state index is 0.516. The molecule has 1 N–H and O–H groups in total. The molecule has 2 aromatic carbocycles. The second-order valence-electron chi connectivity index (χ2n) is 6.73. The van der Waals surface area contributed by atoms with Crippen LogP contribution in [0.2, 0.25) is 5.02 Å². The molecule has 3 rings (SSSR count). The fraction of sp³-hybridized carbons (Fsp3) is 0.381. The fourth-order valence-electron chi connectivity index (χ4n) is 3.32. The quantitative estimate of drug-likeness (QED) is 0.638. The molecule has 0 amide bonds. The summed E-state index contributed by atoms with van der Waals surface area (Å²) in [5.41, 5.74) is 3.17. The number of aryl methyl sites for hydroxylation is 2. The van der Waals surface area contributed by atoms with Gasteiger partial charge in [-0.1, -0.05) is 41.9 Å². The number of benzene rings is 2. The second-order valence-corrected chi connectivity index (χ2v) is 7.13. The molecule has 1 saturated heterocycles. The Morgan fingerprint density at radius 1 is 1.00 bits per heavy atom. The molecule has 1 aliphatic heterocycles. The molecule has 0 bridgehead atoms. The van der Waals surface area contributed by atoms with Crippen LogP contribution >= 0.6 is 11.6 Å². The standard InChI is InChI=1S/C21H26ClN3O/c1-16-6-5-7-17(2)20(16)26-15-14-24-10-12-25(13-11-24)21(23)18-8-3-4-9-19(18)22/h3-9,23H,10-15H2,1-2H3. The van der Waals surface area contributed by atoms with Crippen molar-refractivity contribution < 1.29 is 4.74 Å². The molecule has 4 nitrogen and oxygen atoms in total. The molecule has 2 aromatic rings. The van der Waals surface area contributed by atoms with Gasteiger partial charge in [-0.25, -0.2) is 0 Å². The third kappa shape index (κ3) is 4.37. The summed E-state index contributed by atoms with van der Waals surface area (Å²) in [4.78, 5) is 4.49. The summed E-state index contributed by atoms with van der Waals surface area (Å²) < 4.78 is 6.01. The number of halogens is 1. The minimum Gasteiger partial charge on any atom is -0.492 e. The van der Waals surface area contributed by atoms with Crippen molar-refractivity contribution in [2.24, 2.45) is 0 Å². The monoisotopic (exact) mass is 371 g/mol. The third-order valence-corrected chi connectivity index (χ3v) is 5.21. The summed E-state index contributed by atoms with van der Waals surface area (Å²) in [5.74, 6) is 1.52. The number of piperazine rings is 1. The summed E-state index contributed by atoms with van der Waals surface area (Å²) in [7, 11) is 0. The molecule has 0 spiro atoms. The van der Waals surface area contributed by atoms with E-state index in [0.29, 0.717) is 17.5 Å². The molecule has 26 heavy (non-hydrogen) atoms. The SMILES string of the molecule is Cc1cccc(C)c1OCCN1CCN(C(=N)c2ccccc2Cl)CC1. The predicted molar refractivity (Wildman–Crippen MR) is 108 cm³/mol. The highest BCUT2D eigenvalue weighted by molar-refractivity contribution is 6.33. The van der Waals surface area contributed by atoms with Gasteiger partial charge in [0.05, 0.1) is 5.02 Å². The summed E-state index contributed by atoms with van der Waals surface area (Å²) in [6, 6.07) is 13.8. The highest BCUT2D eigenvalue weighted by atomic mass is 35.5. The number of nitrogens with one attached hydrogen (secondary N) is 1. The molecule has 0 aliphatic carbocycles. The van der Waals surface area contributed by atoms with Crippen LogP contribution in [0.1, 0.15) is 16.7 Å². The zero-order chi connectivity index (χ0) is 18.5. The Morgan fingerprint density at radius 2 is 1.65 bits per heavy atom. The topological polar surface area (TPSA) is 39.6 Å². The Bertz CT molecular complexity index is 749. The maximum atomic E-state index is 8.43. The summed E-state index contributed by atoms with van der Waals surface area (Å²) >= 11 is 6.22. The predicted octanol–water partition coefficient (Wildman–Crippen LogP) is 3.98. The van der Waals surface area contributed by atoms with E-state index in [1.54, 1.807) is 0 Å². The number of para-hydroxylation sites is 1. The number of nitrogens with zero attached hydrogens (tertiary/aromatic N) is 2. The summed E-state index contributed by atoms with van der Waals surface area (Å²) in [6.45, 7) is 9.31. The fourth-order valence-corrected chi connectivity index (χ4v) is 3.55. The first-order valence-corrected chi connectivity index (χ1v) is 9.44. The van der Waals surface area contributed by atoms with Crippen LogP contribution in [0.25, 0.3) is 0 Å². The lowest BCUT2D eigenvalue weighted by Gasteiger charge is -2.36. The van der Waals surface area contributed by atoms with Gasteiger partial charge in [-0.3, -0.25) is 10.3 Å². The molecule has 1 heterocycles. The Labute approximate surface area is 160 Å². The second kappa shape index (κ2) is 8.56. The Balaban J connectivity index is 1.47. The van der Waals surface area contributed by atoms with Gasteiger partial charge in [-0.2, -0.15) is 0 Å². The highest BCUT2D eigenvalue weighted by Gasteiger charge is 2.21. The van der Waals surface area contributed by atoms with Crippen LogP contribution in [0.4, 0.5) is 0 Å². The maximum absolute atomic E-state index is 8.43. The van der Waals surface area contributed by atoms with E-state index in [2.05, 4.69) is 41.8 Å².